The Morgan fingerprint density at radius 1 is 0.978 bits per heavy atom. The Kier molecular flexibility index (Phi) is 10.6. The number of carbonyl (C=O) groups excluding carboxylic acids is 3. The number of imide groups is 1. The lowest BCUT2D eigenvalue weighted by atomic mass is 9.95. The lowest BCUT2D eigenvalue weighted by Crippen LogP contribution is -2.57. The van der Waals surface area contributed by atoms with Crippen molar-refractivity contribution >= 4 is 33.4 Å². The zero-order chi connectivity index (χ0) is 32.8. The molecule has 2 aliphatic heterocycles. The summed E-state index contributed by atoms with van der Waals surface area (Å²) in [6.07, 6.45) is -4.66. The van der Waals surface area contributed by atoms with Crippen molar-refractivity contribution in [2.45, 2.75) is 35.3 Å². The Bertz CT molecular complexity index is 1460. The van der Waals surface area contributed by atoms with Gasteiger partial charge in [0.15, 0.2) is 14.6 Å². The van der Waals surface area contributed by atoms with Gasteiger partial charge in [-0.3, -0.25) is 24.6 Å². The summed E-state index contributed by atoms with van der Waals surface area (Å²) in [4.78, 5) is 41.9. The number of hydrogen-bond donors (Lipinski definition) is 2. The molecule has 4 rings (SSSR count). The molecule has 0 atom stereocenters. The number of halogens is 3. The summed E-state index contributed by atoms with van der Waals surface area (Å²) < 4.78 is 77.1. The van der Waals surface area contributed by atoms with E-state index in [1.807, 2.05) is 4.90 Å². The number of urea groups is 1. The number of ether oxygens (including phenoxy) is 3. The van der Waals surface area contributed by atoms with E-state index in [-0.39, 0.29) is 49.5 Å². The van der Waals surface area contributed by atoms with Crippen LogP contribution in [0.5, 0.6) is 11.5 Å². The fraction of sp³-hybridized carbons (Fsp3) is 0.464. The van der Waals surface area contributed by atoms with Crippen molar-refractivity contribution in [1.82, 2.24) is 15.3 Å². The average Bonchev–Trinajstić information content (AvgIpc) is 3.30. The molecule has 246 valence electrons. The first-order valence-electron chi connectivity index (χ1n) is 13.9. The Morgan fingerprint density at radius 2 is 1.60 bits per heavy atom. The smallest absolute Gasteiger partial charge is 0.494 e. The second-order valence-electron chi connectivity index (χ2n) is 10.4. The maximum atomic E-state index is 13.6. The first kappa shape index (κ1) is 34.0. The predicted octanol–water partition coefficient (Wildman–Crippen LogP) is 2.58. The molecule has 2 fully saturated rings. The van der Waals surface area contributed by atoms with Gasteiger partial charge in [0.2, 0.25) is 0 Å². The van der Waals surface area contributed by atoms with Gasteiger partial charge in [-0.15, -0.1) is 13.2 Å². The van der Waals surface area contributed by atoms with Crippen LogP contribution in [-0.4, -0.2) is 105 Å². The molecular weight excluding hydrogens is 625 g/mol. The van der Waals surface area contributed by atoms with Crippen molar-refractivity contribution in [3.05, 3.63) is 48.5 Å². The summed E-state index contributed by atoms with van der Waals surface area (Å²) in [5, 5.41) is 9.36. The molecule has 2 heterocycles. The molecule has 4 amide bonds. The minimum Gasteiger partial charge on any atom is -0.494 e. The Labute approximate surface area is 257 Å². The van der Waals surface area contributed by atoms with Crippen LogP contribution in [0, 0.1) is 0 Å². The molecule has 0 aromatic heterocycles. The van der Waals surface area contributed by atoms with Gasteiger partial charge in [-0.05, 0) is 67.8 Å². The van der Waals surface area contributed by atoms with Gasteiger partial charge >= 0.3 is 12.4 Å². The third-order valence-corrected chi connectivity index (χ3v) is 10.2. The fourth-order valence-electron chi connectivity index (χ4n) is 5.22. The molecule has 0 saturated carbocycles. The Balaban J connectivity index is 1.31. The van der Waals surface area contributed by atoms with E-state index in [4.69, 9.17) is 9.47 Å². The van der Waals surface area contributed by atoms with Gasteiger partial charge in [-0.1, -0.05) is 0 Å². The number of anilines is 1. The Morgan fingerprint density at radius 3 is 2.18 bits per heavy atom. The van der Waals surface area contributed by atoms with E-state index >= 15 is 0 Å². The number of alkyl halides is 3. The first-order chi connectivity index (χ1) is 21.3. The number of benzene rings is 2. The number of rotatable bonds is 13. The molecule has 2 aromatic carbocycles. The SMILES string of the molecule is COCCN1CCC(C(=O)NO)(S(=O)(=O)c2ccc(OCCCN3C(=O)CN(c4ccc(OC(F)(F)F)cc4)C3=O)cc2)CC1. The molecular formula is C28H33F3N4O9S. The number of hydroxylamine groups is 1. The molecule has 13 nitrogen and oxygen atoms in total. The largest absolute Gasteiger partial charge is 0.573 e. The van der Waals surface area contributed by atoms with Gasteiger partial charge in [0.1, 0.15) is 18.0 Å². The molecule has 0 unspecified atom stereocenters. The van der Waals surface area contributed by atoms with E-state index < -0.39 is 44.5 Å². The highest BCUT2D eigenvalue weighted by Crippen LogP contribution is 2.36. The van der Waals surface area contributed by atoms with Crippen LogP contribution in [0.3, 0.4) is 0 Å². The standard InChI is InChI=1S/C28H33F3N4O9S/c1-42-18-16-33-14-11-27(12-15-33,25(37)32-39)45(40,41)23-9-7-21(8-10-23)43-17-2-13-34-24(36)19-35(26(34)38)20-3-5-22(6-4-20)44-28(29,30)31/h3-10,39H,2,11-19H2,1H3,(H,32,37). The molecule has 0 radical (unpaired) electrons. The predicted molar refractivity (Wildman–Crippen MR) is 152 cm³/mol. The third kappa shape index (κ3) is 7.66. The third-order valence-electron chi connectivity index (χ3n) is 7.67. The number of nitrogens with one attached hydrogen (secondary N) is 1. The van der Waals surface area contributed by atoms with Crippen LogP contribution in [0.4, 0.5) is 23.7 Å². The lowest BCUT2D eigenvalue weighted by molar-refractivity contribution is -0.274. The van der Waals surface area contributed by atoms with E-state index in [1.54, 1.807) is 7.11 Å². The Hall–Kier alpha value is -3.93. The first-order valence-corrected chi connectivity index (χ1v) is 15.4. The zero-order valence-electron chi connectivity index (χ0n) is 24.3. The van der Waals surface area contributed by atoms with Crippen molar-refractivity contribution in [3.8, 4) is 11.5 Å². The zero-order valence-corrected chi connectivity index (χ0v) is 25.1. The topological polar surface area (TPSA) is 155 Å². The quantitative estimate of drug-likeness (QED) is 0.142. The van der Waals surface area contributed by atoms with Crippen LogP contribution in [-0.2, 0) is 24.2 Å². The van der Waals surface area contributed by atoms with E-state index in [2.05, 4.69) is 4.74 Å². The van der Waals surface area contributed by atoms with Gasteiger partial charge in [0.05, 0.1) is 18.1 Å². The molecule has 45 heavy (non-hydrogen) atoms. The van der Waals surface area contributed by atoms with Crippen LogP contribution < -0.4 is 19.9 Å². The van der Waals surface area contributed by atoms with Crippen LogP contribution in [0.15, 0.2) is 53.4 Å². The number of sulfone groups is 1. The van der Waals surface area contributed by atoms with E-state index in [1.165, 1.54) is 41.9 Å². The molecule has 17 heteroatoms. The highest BCUT2D eigenvalue weighted by molar-refractivity contribution is 7.93. The monoisotopic (exact) mass is 658 g/mol. The van der Waals surface area contributed by atoms with Gasteiger partial charge in [-0.2, -0.15) is 0 Å². The van der Waals surface area contributed by atoms with Gasteiger partial charge in [0.25, 0.3) is 11.8 Å². The number of hydrogen-bond acceptors (Lipinski definition) is 10. The van der Waals surface area contributed by atoms with Crippen molar-refractivity contribution in [1.29, 1.82) is 0 Å². The second-order valence-corrected chi connectivity index (χ2v) is 12.7. The minimum atomic E-state index is -4.86. The highest BCUT2D eigenvalue weighted by atomic mass is 32.2. The van der Waals surface area contributed by atoms with Gasteiger partial charge in [0, 0.05) is 39.0 Å². The molecule has 0 aliphatic carbocycles. The van der Waals surface area contributed by atoms with E-state index in [0.717, 1.165) is 21.9 Å². The number of carbonyl (C=O) groups is 3. The lowest BCUT2D eigenvalue weighted by Gasteiger charge is -2.39. The van der Waals surface area contributed by atoms with E-state index in [0.29, 0.717) is 32.0 Å². The molecule has 2 aliphatic rings. The summed E-state index contributed by atoms with van der Waals surface area (Å²) in [5.74, 6) is -1.63. The van der Waals surface area contributed by atoms with Crippen molar-refractivity contribution in [2.75, 3.05) is 57.9 Å². The van der Waals surface area contributed by atoms with Crippen LogP contribution >= 0.6 is 0 Å². The van der Waals surface area contributed by atoms with Gasteiger partial charge < -0.3 is 19.1 Å². The molecule has 0 spiro atoms. The van der Waals surface area contributed by atoms with E-state index in [9.17, 15) is 41.2 Å². The molecule has 0 bridgehead atoms. The average molecular weight is 659 g/mol. The number of amides is 4. The molecule has 2 aromatic rings. The maximum Gasteiger partial charge on any atom is 0.573 e. The number of nitrogens with zero attached hydrogens (tertiary/aromatic N) is 3. The number of piperidine rings is 1. The highest BCUT2D eigenvalue weighted by Gasteiger charge is 2.53. The summed E-state index contributed by atoms with van der Waals surface area (Å²) in [7, 11) is -2.65. The van der Waals surface area contributed by atoms with Gasteiger partial charge in [-0.25, -0.2) is 18.7 Å². The molecule has 2 saturated heterocycles. The summed E-state index contributed by atoms with van der Waals surface area (Å²) in [5.41, 5.74) is 1.75. The number of likely N-dealkylation sites (tertiary alicyclic amines) is 1. The number of methoxy groups -OCH3 is 1. The summed E-state index contributed by atoms with van der Waals surface area (Å²) in [6.45, 7) is 1.47. The van der Waals surface area contributed by atoms with Crippen LogP contribution in [0.25, 0.3) is 0 Å². The van der Waals surface area contributed by atoms with Crippen molar-refractivity contribution < 1.29 is 55.4 Å². The van der Waals surface area contributed by atoms with Crippen LogP contribution in [0.1, 0.15) is 19.3 Å². The fourth-order valence-corrected chi connectivity index (χ4v) is 7.18. The second kappa shape index (κ2) is 14.0. The van der Waals surface area contributed by atoms with Crippen molar-refractivity contribution in [3.63, 3.8) is 0 Å². The molecule has 2 N–H and O–H groups in total. The van der Waals surface area contributed by atoms with Crippen molar-refractivity contribution in [2.24, 2.45) is 0 Å². The maximum absolute atomic E-state index is 13.6. The minimum absolute atomic E-state index is 0.0100. The summed E-state index contributed by atoms with van der Waals surface area (Å²) in [6, 6.07) is 9.40. The summed E-state index contributed by atoms with van der Waals surface area (Å²) >= 11 is 0. The van der Waals surface area contributed by atoms with Crippen LogP contribution in [0.2, 0.25) is 0 Å². The normalized spacial score (nSPS) is 17.4.